The summed E-state index contributed by atoms with van der Waals surface area (Å²) < 4.78 is 7.14. The first-order valence-corrected chi connectivity index (χ1v) is 6.61. The second kappa shape index (κ2) is 5.54. The van der Waals surface area contributed by atoms with Crippen molar-refractivity contribution in [2.24, 2.45) is 0 Å². The highest BCUT2D eigenvalue weighted by Crippen LogP contribution is 2.29. The molecule has 0 amide bonds. The van der Waals surface area contributed by atoms with E-state index in [1.165, 1.54) is 6.07 Å². The van der Waals surface area contributed by atoms with Crippen molar-refractivity contribution in [2.75, 3.05) is 0 Å². The van der Waals surface area contributed by atoms with Crippen LogP contribution in [-0.2, 0) is 0 Å². The average molecular weight is 372 g/mol. The van der Waals surface area contributed by atoms with Crippen LogP contribution in [0.15, 0.2) is 51.4 Å². The van der Waals surface area contributed by atoms with Gasteiger partial charge in [-0.05, 0) is 36.4 Å². The van der Waals surface area contributed by atoms with Gasteiger partial charge in [0, 0.05) is 8.95 Å². The van der Waals surface area contributed by atoms with Crippen molar-refractivity contribution in [3.8, 4) is 11.5 Å². The molecule has 0 aliphatic rings. The maximum atomic E-state index is 11.1. The summed E-state index contributed by atoms with van der Waals surface area (Å²) in [5.74, 6) is -0.140. The maximum Gasteiger partial charge on any atom is 0.339 e. The number of carboxylic acids is 1. The monoisotopic (exact) mass is 370 g/mol. The number of hydrogen-bond donors (Lipinski definition) is 1. The predicted molar refractivity (Wildman–Crippen MR) is 75.3 cm³/mol. The minimum absolute atomic E-state index is 0.115. The second-order valence-corrected chi connectivity index (χ2v) is 5.34. The van der Waals surface area contributed by atoms with E-state index in [0.717, 1.165) is 4.47 Å². The van der Waals surface area contributed by atoms with E-state index in [1.807, 2.05) is 12.1 Å². The van der Waals surface area contributed by atoms with Crippen LogP contribution in [0.25, 0.3) is 0 Å². The van der Waals surface area contributed by atoms with Gasteiger partial charge in [-0.3, -0.25) is 0 Å². The molecule has 18 heavy (non-hydrogen) atoms. The van der Waals surface area contributed by atoms with Gasteiger partial charge in [0.05, 0.1) is 0 Å². The number of aromatic carboxylic acids is 1. The predicted octanol–water partition coefficient (Wildman–Crippen LogP) is 4.70. The highest BCUT2D eigenvalue weighted by molar-refractivity contribution is 9.10. The molecule has 0 unspecified atom stereocenters. The summed E-state index contributed by atoms with van der Waals surface area (Å²) in [6, 6.07) is 12.1. The summed E-state index contributed by atoms with van der Waals surface area (Å²) in [4.78, 5) is 11.1. The van der Waals surface area contributed by atoms with Gasteiger partial charge in [-0.2, -0.15) is 0 Å². The zero-order chi connectivity index (χ0) is 13.1. The molecular formula is C13H8Br2O3. The smallest absolute Gasteiger partial charge is 0.339 e. The fourth-order valence-electron chi connectivity index (χ4n) is 1.42. The molecule has 0 aromatic heterocycles. The van der Waals surface area contributed by atoms with Crippen LogP contribution in [0.2, 0.25) is 0 Å². The lowest BCUT2D eigenvalue weighted by Crippen LogP contribution is -2.00. The summed E-state index contributed by atoms with van der Waals surface area (Å²) >= 11 is 6.57. The molecule has 1 N–H and O–H groups in total. The van der Waals surface area contributed by atoms with Crippen molar-refractivity contribution in [2.45, 2.75) is 0 Å². The molecular weight excluding hydrogens is 364 g/mol. The van der Waals surface area contributed by atoms with E-state index < -0.39 is 5.97 Å². The Hall–Kier alpha value is -1.33. The van der Waals surface area contributed by atoms with Crippen LogP contribution in [0.5, 0.6) is 11.5 Å². The molecule has 2 aromatic rings. The van der Waals surface area contributed by atoms with Crippen molar-refractivity contribution in [1.82, 2.24) is 0 Å². The molecule has 0 saturated heterocycles. The molecule has 5 heteroatoms. The first-order valence-electron chi connectivity index (χ1n) is 5.02. The van der Waals surface area contributed by atoms with Crippen molar-refractivity contribution < 1.29 is 14.6 Å². The van der Waals surface area contributed by atoms with Crippen molar-refractivity contribution >= 4 is 37.8 Å². The third-order valence-electron chi connectivity index (χ3n) is 2.20. The van der Waals surface area contributed by atoms with Crippen molar-refractivity contribution in [1.29, 1.82) is 0 Å². The van der Waals surface area contributed by atoms with Crippen molar-refractivity contribution in [3.63, 3.8) is 0 Å². The van der Waals surface area contributed by atoms with Crippen LogP contribution in [-0.4, -0.2) is 11.1 Å². The number of halogens is 2. The molecule has 0 atom stereocenters. The number of carbonyl (C=O) groups is 1. The molecule has 0 radical (unpaired) electrons. The van der Waals surface area contributed by atoms with Gasteiger partial charge in [-0.15, -0.1) is 0 Å². The third-order valence-corrected chi connectivity index (χ3v) is 3.18. The lowest BCUT2D eigenvalue weighted by atomic mass is 10.2. The van der Waals surface area contributed by atoms with E-state index in [9.17, 15) is 4.79 Å². The summed E-state index contributed by atoms with van der Waals surface area (Å²) in [7, 11) is 0. The molecule has 0 saturated carbocycles. The molecule has 0 aliphatic heterocycles. The Bertz CT molecular complexity index is 597. The highest BCUT2D eigenvalue weighted by Gasteiger charge is 2.12. The fourth-order valence-corrected chi connectivity index (χ4v) is 2.16. The number of hydrogen-bond acceptors (Lipinski definition) is 2. The number of benzene rings is 2. The molecule has 2 aromatic carbocycles. The molecule has 0 spiro atoms. The highest BCUT2D eigenvalue weighted by atomic mass is 79.9. The zero-order valence-corrected chi connectivity index (χ0v) is 12.2. The Balaban J connectivity index is 2.37. The molecule has 92 valence electrons. The molecule has 0 bridgehead atoms. The van der Waals surface area contributed by atoms with Gasteiger partial charge >= 0.3 is 5.97 Å². The first-order chi connectivity index (χ1) is 8.56. The van der Waals surface area contributed by atoms with Crippen LogP contribution >= 0.6 is 31.9 Å². The Morgan fingerprint density at radius 3 is 2.44 bits per heavy atom. The van der Waals surface area contributed by atoms with E-state index in [1.54, 1.807) is 24.3 Å². The van der Waals surface area contributed by atoms with Crippen LogP contribution in [0.4, 0.5) is 0 Å². The summed E-state index contributed by atoms with van der Waals surface area (Å²) in [5.41, 5.74) is 0.115. The van der Waals surface area contributed by atoms with Gasteiger partial charge in [-0.25, -0.2) is 4.79 Å². The van der Waals surface area contributed by atoms with Gasteiger partial charge in [0.25, 0.3) is 0 Å². The van der Waals surface area contributed by atoms with Gasteiger partial charge < -0.3 is 9.84 Å². The zero-order valence-electron chi connectivity index (χ0n) is 9.06. The standard InChI is InChI=1S/C13H8Br2O3/c14-8-2-1-3-10(6-8)18-12-5-4-9(15)7-11(12)13(16)17/h1-7H,(H,16,17). The van der Waals surface area contributed by atoms with Gasteiger partial charge in [0.1, 0.15) is 17.1 Å². The van der Waals surface area contributed by atoms with E-state index >= 15 is 0 Å². The van der Waals surface area contributed by atoms with E-state index in [4.69, 9.17) is 9.84 Å². The average Bonchev–Trinajstić information content (AvgIpc) is 2.31. The SMILES string of the molecule is O=C(O)c1cc(Br)ccc1Oc1cccc(Br)c1. The topological polar surface area (TPSA) is 46.5 Å². The van der Waals surface area contributed by atoms with Crippen LogP contribution in [0, 0.1) is 0 Å². The Morgan fingerprint density at radius 1 is 1.06 bits per heavy atom. The van der Waals surface area contributed by atoms with E-state index in [0.29, 0.717) is 16.0 Å². The normalized spacial score (nSPS) is 10.1. The Morgan fingerprint density at radius 2 is 1.78 bits per heavy atom. The molecule has 0 heterocycles. The molecule has 2 rings (SSSR count). The van der Waals surface area contributed by atoms with Gasteiger partial charge in [-0.1, -0.05) is 37.9 Å². The third kappa shape index (κ3) is 3.11. The van der Waals surface area contributed by atoms with Gasteiger partial charge in [0.15, 0.2) is 0 Å². The fraction of sp³-hybridized carbons (Fsp3) is 0. The lowest BCUT2D eigenvalue weighted by molar-refractivity contribution is 0.0694. The van der Waals surface area contributed by atoms with E-state index in [2.05, 4.69) is 31.9 Å². The number of ether oxygens (including phenoxy) is 1. The molecule has 3 nitrogen and oxygen atoms in total. The molecule has 0 fully saturated rings. The summed E-state index contributed by atoms with van der Waals surface area (Å²) in [5, 5.41) is 9.11. The Kier molecular flexibility index (Phi) is 4.04. The van der Waals surface area contributed by atoms with Crippen molar-refractivity contribution in [3.05, 3.63) is 57.0 Å². The molecule has 0 aliphatic carbocycles. The van der Waals surface area contributed by atoms with E-state index in [-0.39, 0.29) is 5.56 Å². The van der Waals surface area contributed by atoms with Gasteiger partial charge in [0.2, 0.25) is 0 Å². The quantitative estimate of drug-likeness (QED) is 0.850. The second-order valence-electron chi connectivity index (χ2n) is 3.51. The number of rotatable bonds is 3. The first kappa shape index (κ1) is 13.1. The minimum Gasteiger partial charge on any atom is -0.478 e. The lowest BCUT2D eigenvalue weighted by Gasteiger charge is -2.09. The minimum atomic E-state index is -1.03. The van der Waals surface area contributed by atoms with Crippen LogP contribution < -0.4 is 4.74 Å². The summed E-state index contributed by atoms with van der Waals surface area (Å²) in [6.07, 6.45) is 0. The van der Waals surface area contributed by atoms with Crippen LogP contribution in [0.3, 0.4) is 0 Å². The maximum absolute atomic E-state index is 11.1. The number of carboxylic acid groups (broad SMARTS) is 1. The summed E-state index contributed by atoms with van der Waals surface area (Å²) in [6.45, 7) is 0. The largest absolute Gasteiger partial charge is 0.478 e. The Labute approximate surface area is 121 Å². The van der Waals surface area contributed by atoms with Crippen LogP contribution in [0.1, 0.15) is 10.4 Å².